The van der Waals surface area contributed by atoms with Crippen molar-refractivity contribution in [2.24, 2.45) is 0 Å². The van der Waals surface area contributed by atoms with Gasteiger partial charge in [-0.3, -0.25) is 0 Å². The van der Waals surface area contributed by atoms with Gasteiger partial charge >= 0.3 is 20.1 Å². The second-order valence-electron chi connectivity index (χ2n) is 8.88. The summed E-state index contributed by atoms with van der Waals surface area (Å²) in [5.41, 5.74) is 3.03. The van der Waals surface area contributed by atoms with Crippen molar-refractivity contribution in [3.8, 4) is 11.3 Å². The molecule has 0 bridgehead atoms. The average molecular weight is 579 g/mol. The van der Waals surface area contributed by atoms with Gasteiger partial charge in [0.1, 0.15) is 0 Å². The Morgan fingerprint density at radius 2 is 1.30 bits per heavy atom. The molecule has 3 rings (SSSR count). The third kappa shape index (κ3) is 10.3. The molecule has 0 amide bonds. The summed E-state index contributed by atoms with van der Waals surface area (Å²) in [6, 6.07) is 27.1. The molecule has 160 valence electrons. The molecule has 0 unspecified atom stereocenters. The molecule has 0 aliphatic carbocycles. The summed E-state index contributed by atoms with van der Waals surface area (Å²) < 4.78 is 0. The molecule has 0 aliphatic rings. The smallest absolute Gasteiger partial charge is 0.669 e. The van der Waals surface area contributed by atoms with Crippen LogP contribution in [0.5, 0.6) is 0 Å². The van der Waals surface area contributed by atoms with Crippen molar-refractivity contribution >= 4 is 0 Å². The standard InChI is InChI=1S/C15H24N2.C11H8N.Ir/c1-14(2,3)16-13(17-15(4,5)6)12-10-8-7-9-11-12;1-2-6-10(7-3-1)11-8-4-5-9-12-11;/h7-11,13H,1-6H3;1-6,8-9H;/q-2;-1;+3. The molecule has 0 spiro atoms. The minimum absolute atomic E-state index is 0. The summed E-state index contributed by atoms with van der Waals surface area (Å²) in [6.45, 7) is 12.7. The first kappa shape index (κ1) is 26.2. The number of benzene rings is 2. The zero-order valence-electron chi connectivity index (χ0n) is 18.8. The fraction of sp³-hybridized carbons (Fsp3) is 0.346. The largest absolute Gasteiger partial charge is 3.00 e. The normalized spacial score (nSPS) is 11.3. The van der Waals surface area contributed by atoms with Crippen LogP contribution in [0.3, 0.4) is 0 Å². The Bertz CT molecular complexity index is 769. The van der Waals surface area contributed by atoms with Crippen LogP contribution in [0, 0.1) is 6.07 Å². The number of aromatic nitrogens is 1. The van der Waals surface area contributed by atoms with Crippen LogP contribution in [-0.4, -0.2) is 16.1 Å². The fourth-order valence-corrected chi connectivity index (χ4v) is 2.61. The molecule has 0 aliphatic heterocycles. The molecule has 0 fully saturated rings. The van der Waals surface area contributed by atoms with Crippen LogP contribution in [0.2, 0.25) is 0 Å². The Morgan fingerprint density at radius 3 is 1.77 bits per heavy atom. The van der Waals surface area contributed by atoms with E-state index in [0.29, 0.717) is 0 Å². The van der Waals surface area contributed by atoms with Crippen LogP contribution in [0.4, 0.5) is 0 Å². The summed E-state index contributed by atoms with van der Waals surface area (Å²) in [7, 11) is 0. The molecule has 30 heavy (non-hydrogen) atoms. The quantitative estimate of drug-likeness (QED) is 0.294. The van der Waals surface area contributed by atoms with Crippen LogP contribution >= 0.6 is 0 Å². The minimum atomic E-state index is -0.0741. The van der Waals surface area contributed by atoms with Gasteiger partial charge in [-0.1, -0.05) is 89.6 Å². The van der Waals surface area contributed by atoms with Crippen LogP contribution in [0.15, 0.2) is 79.0 Å². The van der Waals surface area contributed by atoms with Crippen LogP contribution in [-0.2, 0) is 20.1 Å². The van der Waals surface area contributed by atoms with Gasteiger partial charge in [0.25, 0.3) is 0 Å². The Balaban J connectivity index is 0.000000304. The zero-order chi connectivity index (χ0) is 21.3. The van der Waals surface area contributed by atoms with Crippen molar-refractivity contribution in [1.29, 1.82) is 0 Å². The van der Waals surface area contributed by atoms with Crippen molar-refractivity contribution in [1.82, 2.24) is 4.98 Å². The molecule has 3 nitrogen and oxygen atoms in total. The van der Waals surface area contributed by atoms with Gasteiger partial charge in [-0.05, 0) is 11.8 Å². The second-order valence-corrected chi connectivity index (χ2v) is 8.88. The molecule has 2 aromatic carbocycles. The molecule has 0 saturated heterocycles. The van der Waals surface area contributed by atoms with Crippen molar-refractivity contribution in [2.45, 2.75) is 58.8 Å². The van der Waals surface area contributed by atoms with E-state index in [0.717, 1.165) is 16.8 Å². The molecule has 0 saturated carbocycles. The van der Waals surface area contributed by atoms with Crippen molar-refractivity contribution < 1.29 is 20.1 Å². The van der Waals surface area contributed by atoms with E-state index in [1.165, 1.54) is 0 Å². The van der Waals surface area contributed by atoms with E-state index < -0.39 is 0 Å². The summed E-state index contributed by atoms with van der Waals surface area (Å²) >= 11 is 0. The SMILES string of the molecule is CC(C)(C)[N-]C([N-]C(C)(C)C)c1ccccc1.[Ir+3].[c-]1ccccc1-c1ccccn1. The van der Waals surface area contributed by atoms with E-state index in [1.807, 2.05) is 60.7 Å². The summed E-state index contributed by atoms with van der Waals surface area (Å²) in [5, 5.41) is 9.60. The monoisotopic (exact) mass is 579 g/mol. The van der Waals surface area contributed by atoms with Gasteiger partial charge in [0.2, 0.25) is 0 Å². The van der Waals surface area contributed by atoms with Gasteiger partial charge in [-0.15, -0.1) is 47.0 Å². The van der Waals surface area contributed by atoms with Gasteiger partial charge in [0.15, 0.2) is 0 Å². The number of rotatable bonds is 4. The third-order valence-corrected chi connectivity index (χ3v) is 3.77. The van der Waals surface area contributed by atoms with Crippen molar-refractivity contribution in [2.75, 3.05) is 0 Å². The Labute approximate surface area is 196 Å². The first-order chi connectivity index (χ1) is 13.6. The van der Waals surface area contributed by atoms with E-state index in [1.54, 1.807) is 6.20 Å². The summed E-state index contributed by atoms with van der Waals surface area (Å²) in [6.07, 6.45) is 1.71. The van der Waals surface area contributed by atoms with E-state index in [9.17, 15) is 0 Å². The van der Waals surface area contributed by atoms with E-state index in [-0.39, 0.29) is 37.3 Å². The topological polar surface area (TPSA) is 41.1 Å². The van der Waals surface area contributed by atoms with Crippen LogP contribution < -0.4 is 0 Å². The van der Waals surface area contributed by atoms with E-state index >= 15 is 0 Å². The number of nitrogens with zero attached hydrogens (tertiary/aromatic N) is 3. The minimum Gasteiger partial charge on any atom is -0.669 e. The Morgan fingerprint density at radius 1 is 0.733 bits per heavy atom. The number of hydrogen-bond donors (Lipinski definition) is 0. The maximum Gasteiger partial charge on any atom is 3.00 e. The first-order valence-corrected chi connectivity index (χ1v) is 10.0. The van der Waals surface area contributed by atoms with Crippen molar-refractivity contribution in [3.05, 3.63) is 101 Å². The first-order valence-electron chi connectivity index (χ1n) is 10.0. The predicted octanol–water partition coefficient (Wildman–Crippen LogP) is 7.58. The van der Waals surface area contributed by atoms with E-state index in [2.05, 4.69) is 64.7 Å². The second kappa shape index (κ2) is 12.1. The van der Waals surface area contributed by atoms with Gasteiger partial charge < -0.3 is 15.6 Å². The molecule has 0 atom stereocenters. The molecule has 1 aromatic heterocycles. The summed E-state index contributed by atoms with van der Waals surface area (Å²) in [4.78, 5) is 4.22. The van der Waals surface area contributed by atoms with Gasteiger partial charge in [-0.25, -0.2) is 6.17 Å². The maximum absolute atomic E-state index is 4.80. The maximum atomic E-state index is 4.80. The molecule has 0 N–H and O–H groups in total. The number of hydrogen-bond acceptors (Lipinski definition) is 1. The Hall–Kier alpha value is -1.84. The van der Waals surface area contributed by atoms with E-state index in [4.69, 9.17) is 10.6 Å². The molecular weight excluding hydrogens is 547 g/mol. The molecule has 1 heterocycles. The average Bonchev–Trinajstić information content (AvgIpc) is 2.68. The van der Waals surface area contributed by atoms with Gasteiger partial charge in [0, 0.05) is 6.20 Å². The van der Waals surface area contributed by atoms with Crippen LogP contribution in [0.1, 0.15) is 53.3 Å². The van der Waals surface area contributed by atoms with Gasteiger partial charge in [0.05, 0.1) is 0 Å². The number of pyridine rings is 1. The molecule has 3 aromatic rings. The molecule has 0 radical (unpaired) electrons. The fourth-order valence-electron chi connectivity index (χ4n) is 2.61. The van der Waals surface area contributed by atoms with Gasteiger partial charge in [-0.2, -0.15) is 0 Å². The Kier molecular flexibility index (Phi) is 10.6. The molecular formula is C26H32IrN3. The predicted molar refractivity (Wildman–Crippen MR) is 124 cm³/mol. The zero-order valence-corrected chi connectivity index (χ0v) is 21.2. The summed E-state index contributed by atoms with van der Waals surface area (Å²) in [5.74, 6) is 0. The van der Waals surface area contributed by atoms with Crippen LogP contribution in [0.25, 0.3) is 21.9 Å². The van der Waals surface area contributed by atoms with Crippen molar-refractivity contribution in [3.63, 3.8) is 0 Å². The third-order valence-electron chi connectivity index (χ3n) is 3.77. The molecule has 4 heteroatoms.